The smallest absolute Gasteiger partial charge is 0.241 e. The van der Waals surface area contributed by atoms with E-state index in [-0.39, 0.29) is 11.4 Å². The third-order valence-electron chi connectivity index (χ3n) is 2.91. The van der Waals surface area contributed by atoms with E-state index in [1.54, 1.807) is 25.4 Å². The van der Waals surface area contributed by atoms with Gasteiger partial charge in [0.05, 0.1) is 11.1 Å². The van der Waals surface area contributed by atoms with Crippen molar-refractivity contribution in [3.63, 3.8) is 0 Å². The van der Waals surface area contributed by atoms with Crippen molar-refractivity contribution in [1.82, 2.24) is 14.9 Å². The molecular weight excluding hydrogens is 300 g/mol. The molecule has 108 valence electrons. The third kappa shape index (κ3) is 3.18. The molecule has 0 aliphatic rings. The highest BCUT2D eigenvalue weighted by molar-refractivity contribution is 7.89. The van der Waals surface area contributed by atoms with E-state index < -0.39 is 16.1 Å². The number of hydrogen-bond acceptors (Lipinski definition) is 4. The van der Waals surface area contributed by atoms with E-state index in [0.717, 1.165) is 5.56 Å². The Morgan fingerprint density at radius 2 is 2.25 bits per heavy atom. The van der Waals surface area contributed by atoms with Crippen LogP contribution in [0.2, 0.25) is 5.02 Å². The molecule has 0 aliphatic heterocycles. The molecule has 2 aromatic rings. The molecule has 0 amide bonds. The van der Waals surface area contributed by atoms with Crippen LogP contribution < -0.4 is 10.5 Å². The number of halogens is 1. The fraction of sp³-hybridized carbons (Fsp3) is 0.250. The van der Waals surface area contributed by atoms with Crippen molar-refractivity contribution >= 4 is 21.6 Å². The molecule has 1 aromatic carbocycles. The van der Waals surface area contributed by atoms with Crippen LogP contribution in [0.25, 0.3) is 0 Å². The number of H-pyrrole nitrogens is 1. The van der Waals surface area contributed by atoms with Gasteiger partial charge in [0.2, 0.25) is 10.0 Å². The molecule has 0 spiro atoms. The van der Waals surface area contributed by atoms with Crippen LogP contribution in [0.1, 0.15) is 24.1 Å². The number of hydrogen-bond donors (Lipinski definition) is 3. The van der Waals surface area contributed by atoms with Gasteiger partial charge in [-0.3, -0.25) is 5.10 Å². The predicted octanol–water partition coefficient (Wildman–Crippen LogP) is 1.56. The summed E-state index contributed by atoms with van der Waals surface area (Å²) in [6.45, 7) is 2.00. The molecule has 20 heavy (non-hydrogen) atoms. The normalized spacial score (nSPS) is 13.3. The van der Waals surface area contributed by atoms with Crippen LogP contribution in [0.5, 0.6) is 0 Å². The summed E-state index contributed by atoms with van der Waals surface area (Å²) in [4.78, 5) is 0.107. The van der Waals surface area contributed by atoms with Crippen molar-refractivity contribution < 1.29 is 8.42 Å². The van der Waals surface area contributed by atoms with E-state index in [2.05, 4.69) is 14.9 Å². The van der Waals surface area contributed by atoms with Gasteiger partial charge in [0, 0.05) is 29.4 Å². The van der Waals surface area contributed by atoms with Crippen LogP contribution in [0.15, 0.2) is 35.5 Å². The Hall–Kier alpha value is -1.41. The number of sulfonamides is 1. The van der Waals surface area contributed by atoms with Gasteiger partial charge in [-0.2, -0.15) is 5.10 Å². The molecule has 4 N–H and O–H groups in total. The van der Waals surface area contributed by atoms with Crippen LogP contribution in [-0.2, 0) is 16.6 Å². The van der Waals surface area contributed by atoms with Gasteiger partial charge in [-0.1, -0.05) is 17.7 Å². The zero-order valence-corrected chi connectivity index (χ0v) is 12.4. The summed E-state index contributed by atoms with van der Waals surface area (Å²) in [5.74, 6) is 0. The second-order valence-corrected chi connectivity index (χ2v) is 6.45. The van der Waals surface area contributed by atoms with Crippen LogP contribution in [0, 0.1) is 0 Å². The van der Waals surface area contributed by atoms with Crippen molar-refractivity contribution in [1.29, 1.82) is 0 Å². The monoisotopic (exact) mass is 314 g/mol. The zero-order chi connectivity index (χ0) is 14.8. The molecule has 0 saturated carbocycles. The quantitative estimate of drug-likeness (QED) is 0.779. The largest absolute Gasteiger partial charge is 0.326 e. The number of benzene rings is 1. The first-order valence-corrected chi connectivity index (χ1v) is 7.79. The molecule has 0 radical (unpaired) electrons. The first kappa shape index (κ1) is 15.0. The topological polar surface area (TPSA) is 101 Å². The lowest BCUT2D eigenvalue weighted by Gasteiger charge is -2.13. The second-order valence-electron chi connectivity index (χ2n) is 4.33. The van der Waals surface area contributed by atoms with Gasteiger partial charge in [0.1, 0.15) is 0 Å². The Morgan fingerprint density at radius 3 is 2.80 bits per heavy atom. The van der Waals surface area contributed by atoms with Crippen LogP contribution in [0.3, 0.4) is 0 Å². The van der Waals surface area contributed by atoms with E-state index >= 15 is 0 Å². The van der Waals surface area contributed by atoms with Crippen molar-refractivity contribution in [2.24, 2.45) is 5.73 Å². The molecule has 0 saturated heterocycles. The maximum atomic E-state index is 12.3. The van der Waals surface area contributed by atoms with Crippen molar-refractivity contribution in [2.75, 3.05) is 0 Å². The Bertz CT molecular complexity index is 685. The lowest BCUT2D eigenvalue weighted by Crippen LogP contribution is -2.26. The van der Waals surface area contributed by atoms with E-state index in [1.165, 1.54) is 12.1 Å². The summed E-state index contributed by atoms with van der Waals surface area (Å²) in [7, 11) is -3.65. The van der Waals surface area contributed by atoms with Gasteiger partial charge in [0.25, 0.3) is 0 Å². The Kier molecular flexibility index (Phi) is 4.44. The highest BCUT2D eigenvalue weighted by atomic mass is 35.5. The fourth-order valence-electron chi connectivity index (χ4n) is 1.73. The minimum Gasteiger partial charge on any atom is -0.326 e. The molecule has 6 nitrogen and oxygen atoms in total. The summed E-state index contributed by atoms with van der Waals surface area (Å²) in [6.07, 6.45) is 3.20. The maximum absolute atomic E-state index is 12.3. The minimum absolute atomic E-state index is 0.107. The predicted molar refractivity (Wildman–Crippen MR) is 76.7 cm³/mol. The van der Waals surface area contributed by atoms with Gasteiger partial charge >= 0.3 is 0 Å². The summed E-state index contributed by atoms with van der Waals surface area (Å²) in [6, 6.07) is 4.10. The molecule has 8 heteroatoms. The van der Waals surface area contributed by atoms with E-state index in [9.17, 15) is 8.42 Å². The Morgan fingerprint density at radius 1 is 1.50 bits per heavy atom. The molecular formula is C12H15ClN4O2S. The van der Waals surface area contributed by atoms with Crippen molar-refractivity contribution in [3.05, 3.63) is 46.7 Å². The first-order chi connectivity index (χ1) is 9.44. The molecule has 1 atom stereocenters. The Balaban J connectivity index is 2.24. The van der Waals surface area contributed by atoms with Gasteiger partial charge in [-0.15, -0.1) is 0 Å². The summed E-state index contributed by atoms with van der Waals surface area (Å²) in [5, 5.41) is 6.77. The first-order valence-electron chi connectivity index (χ1n) is 5.93. The molecule has 1 aromatic heterocycles. The van der Waals surface area contributed by atoms with Crippen LogP contribution >= 0.6 is 11.6 Å². The lowest BCUT2D eigenvalue weighted by atomic mass is 10.2. The van der Waals surface area contributed by atoms with Gasteiger partial charge in [-0.05, 0) is 24.6 Å². The second kappa shape index (κ2) is 5.92. The van der Waals surface area contributed by atoms with Gasteiger partial charge < -0.3 is 5.73 Å². The number of aromatic amines is 1. The van der Waals surface area contributed by atoms with Gasteiger partial charge in [0.15, 0.2) is 0 Å². The SMILES string of the molecule is CC(NS(=O)(=O)c1ccc(CN)c(Cl)c1)c1cn[nH]c1. The van der Waals surface area contributed by atoms with Gasteiger partial charge in [-0.25, -0.2) is 13.1 Å². The van der Waals surface area contributed by atoms with E-state index in [1.807, 2.05) is 0 Å². The summed E-state index contributed by atoms with van der Waals surface area (Å²) < 4.78 is 27.1. The highest BCUT2D eigenvalue weighted by Gasteiger charge is 2.19. The molecule has 2 rings (SSSR count). The standard InChI is InChI=1S/C12H15ClN4O2S/c1-8(10-6-15-16-7-10)17-20(18,19)11-3-2-9(5-14)12(13)4-11/h2-4,6-8,17H,5,14H2,1H3,(H,15,16). The molecule has 1 unspecified atom stereocenters. The number of nitrogens with zero attached hydrogens (tertiary/aromatic N) is 1. The average Bonchev–Trinajstić information content (AvgIpc) is 2.92. The van der Waals surface area contributed by atoms with Crippen LogP contribution in [-0.4, -0.2) is 18.6 Å². The minimum atomic E-state index is -3.65. The molecule has 1 heterocycles. The summed E-state index contributed by atoms with van der Waals surface area (Å²) in [5.41, 5.74) is 6.95. The molecule has 0 fully saturated rings. The van der Waals surface area contributed by atoms with Crippen molar-refractivity contribution in [3.8, 4) is 0 Å². The number of aromatic nitrogens is 2. The average molecular weight is 315 g/mol. The van der Waals surface area contributed by atoms with E-state index in [0.29, 0.717) is 10.6 Å². The number of rotatable bonds is 5. The maximum Gasteiger partial charge on any atom is 0.241 e. The highest BCUT2D eigenvalue weighted by Crippen LogP contribution is 2.22. The molecule has 0 aliphatic carbocycles. The fourth-order valence-corrected chi connectivity index (χ4v) is 3.31. The number of nitrogens with one attached hydrogen (secondary N) is 2. The molecule has 0 bridgehead atoms. The van der Waals surface area contributed by atoms with Crippen LogP contribution in [0.4, 0.5) is 0 Å². The number of nitrogens with two attached hydrogens (primary N) is 1. The Labute approximate surface area is 122 Å². The van der Waals surface area contributed by atoms with E-state index in [4.69, 9.17) is 17.3 Å². The lowest BCUT2D eigenvalue weighted by molar-refractivity contribution is 0.567. The zero-order valence-electron chi connectivity index (χ0n) is 10.8. The third-order valence-corrected chi connectivity index (χ3v) is 4.80. The summed E-state index contributed by atoms with van der Waals surface area (Å²) >= 11 is 5.98. The van der Waals surface area contributed by atoms with Crippen molar-refractivity contribution in [2.45, 2.75) is 24.4 Å².